The average Bonchev–Trinajstić information content (AvgIpc) is 3.54. The standard InChI is InChI=1S/C26H26N4OS2/c31-24(29-15-13-21(14-16-29)18-20-8-3-1-4-9-20)19-33-26-28-27-25(23-12-7-17-32-23)30(26)22-10-5-2-6-11-22/h1-12,17,21H,13-16,18-19H2. The molecule has 7 heteroatoms. The number of aromatic nitrogens is 3. The Morgan fingerprint density at radius 1 is 0.939 bits per heavy atom. The third-order valence-corrected chi connectivity index (χ3v) is 7.83. The van der Waals surface area contributed by atoms with Crippen molar-refractivity contribution < 1.29 is 4.79 Å². The van der Waals surface area contributed by atoms with E-state index in [1.54, 1.807) is 11.3 Å². The minimum absolute atomic E-state index is 0.179. The summed E-state index contributed by atoms with van der Waals surface area (Å²) in [6.45, 7) is 1.67. The monoisotopic (exact) mass is 474 g/mol. The molecule has 1 aliphatic rings. The smallest absolute Gasteiger partial charge is 0.233 e. The van der Waals surface area contributed by atoms with Crippen LogP contribution in [-0.2, 0) is 11.2 Å². The Hall–Kier alpha value is -2.90. The van der Waals surface area contributed by atoms with Crippen LogP contribution in [0.1, 0.15) is 18.4 Å². The zero-order valence-electron chi connectivity index (χ0n) is 18.3. The van der Waals surface area contributed by atoms with Crippen molar-refractivity contribution in [3.8, 4) is 16.4 Å². The van der Waals surface area contributed by atoms with E-state index in [1.807, 2.05) is 52.7 Å². The highest BCUT2D eigenvalue weighted by molar-refractivity contribution is 7.99. The van der Waals surface area contributed by atoms with Crippen LogP contribution in [0.5, 0.6) is 0 Å². The normalized spacial score (nSPS) is 14.5. The van der Waals surface area contributed by atoms with E-state index in [9.17, 15) is 4.79 Å². The Morgan fingerprint density at radius 3 is 2.36 bits per heavy atom. The maximum atomic E-state index is 13.0. The molecule has 1 aliphatic heterocycles. The van der Waals surface area contributed by atoms with Gasteiger partial charge in [0.25, 0.3) is 0 Å². The van der Waals surface area contributed by atoms with Gasteiger partial charge in [-0.3, -0.25) is 9.36 Å². The number of thiophene rings is 1. The Morgan fingerprint density at radius 2 is 1.67 bits per heavy atom. The summed E-state index contributed by atoms with van der Waals surface area (Å²) in [6.07, 6.45) is 3.23. The van der Waals surface area contributed by atoms with E-state index in [-0.39, 0.29) is 5.91 Å². The van der Waals surface area contributed by atoms with Crippen LogP contribution in [0.3, 0.4) is 0 Å². The number of benzene rings is 2. The molecule has 5 nitrogen and oxygen atoms in total. The van der Waals surface area contributed by atoms with E-state index in [0.717, 1.165) is 53.9 Å². The van der Waals surface area contributed by atoms with E-state index < -0.39 is 0 Å². The fraction of sp³-hybridized carbons (Fsp3) is 0.269. The molecule has 33 heavy (non-hydrogen) atoms. The first-order chi connectivity index (χ1) is 16.3. The van der Waals surface area contributed by atoms with Gasteiger partial charge >= 0.3 is 0 Å². The molecular formula is C26H26N4OS2. The van der Waals surface area contributed by atoms with Crippen molar-refractivity contribution in [1.82, 2.24) is 19.7 Å². The lowest BCUT2D eigenvalue weighted by molar-refractivity contribution is -0.129. The maximum absolute atomic E-state index is 13.0. The number of carbonyl (C=O) groups excluding carboxylic acids is 1. The zero-order valence-corrected chi connectivity index (χ0v) is 20.0. The molecule has 0 bridgehead atoms. The van der Waals surface area contributed by atoms with E-state index in [0.29, 0.717) is 11.7 Å². The number of piperidine rings is 1. The van der Waals surface area contributed by atoms with Gasteiger partial charge in [0.1, 0.15) is 0 Å². The van der Waals surface area contributed by atoms with Gasteiger partial charge in [-0.25, -0.2) is 0 Å². The second-order valence-electron chi connectivity index (χ2n) is 8.26. The molecule has 3 heterocycles. The van der Waals surface area contributed by atoms with Crippen LogP contribution in [0, 0.1) is 5.92 Å². The second-order valence-corrected chi connectivity index (χ2v) is 10.1. The first-order valence-electron chi connectivity index (χ1n) is 11.3. The van der Waals surface area contributed by atoms with Crippen molar-refractivity contribution in [2.45, 2.75) is 24.4 Å². The molecule has 4 aromatic rings. The summed E-state index contributed by atoms with van der Waals surface area (Å²) in [5.41, 5.74) is 2.39. The molecule has 0 atom stereocenters. The van der Waals surface area contributed by atoms with Crippen molar-refractivity contribution in [3.05, 3.63) is 83.7 Å². The fourth-order valence-corrected chi connectivity index (χ4v) is 5.84. The van der Waals surface area contributed by atoms with Crippen LogP contribution in [0.4, 0.5) is 0 Å². The lowest BCUT2D eigenvalue weighted by Crippen LogP contribution is -2.39. The highest BCUT2D eigenvalue weighted by Gasteiger charge is 2.24. The summed E-state index contributed by atoms with van der Waals surface area (Å²) in [7, 11) is 0. The number of likely N-dealkylation sites (tertiary alicyclic amines) is 1. The van der Waals surface area contributed by atoms with Crippen molar-refractivity contribution in [2.75, 3.05) is 18.8 Å². The number of para-hydroxylation sites is 1. The fourth-order valence-electron chi connectivity index (χ4n) is 4.29. The minimum Gasteiger partial charge on any atom is -0.342 e. The molecule has 0 aliphatic carbocycles. The van der Waals surface area contributed by atoms with E-state index in [1.165, 1.54) is 17.3 Å². The van der Waals surface area contributed by atoms with Crippen LogP contribution in [0.2, 0.25) is 0 Å². The molecule has 1 saturated heterocycles. The summed E-state index contributed by atoms with van der Waals surface area (Å²) in [4.78, 5) is 16.0. The van der Waals surface area contributed by atoms with Crippen molar-refractivity contribution >= 4 is 29.0 Å². The Labute approximate surface area is 202 Å². The number of rotatable bonds is 7. The van der Waals surface area contributed by atoms with Gasteiger partial charge in [0.2, 0.25) is 5.91 Å². The van der Waals surface area contributed by atoms with Gasteiger partial charge in [0, 0.05) is 18.8 Å². The zero-order chi connectivity index (χ0) is 22.5. The number of carbonyl (C=O) groups is 1. The summed E-state index contributed by atoms with van der Waals surface area (Å²) in [5.74, 6) is 2.02. The van der Waals surface area contributed by atoms with Crippen LogP contribution in [0.15, 0.2) is 83.3 Å². The topological polar surface area (TPSA) is 51.0 Å². The number of thioether (sulfide) groups is 1. The average molecular weight is 475 g/mol. The molecule has 5 rings (SSSR count). The first kappa shape index (κ1) is 21.9. The molecule has 2 aromatic carbocycles. The number of hydrogen-bond donors (Lipinski definition) is 0. The van der Waals surface area contributed by atoms with E-state index in [4.69, 9.17) is 0 Å². The Balaban J connectivity index is 1.22. The molecule has 2 aromatic heterocycles. The first-order valence-corrected chi connectivity index (χ1v) is 13.1. The predicted octanol–water partition coefficient (Wildman–Crippen LogP) is 5.57. The van der Waals surface area contributed by atoms with Crippen LogP contribution < -0.4 is 0 Å². The Bertz CT molecular complexity index is 1170. The van der Waals surface area contributed by atoms with Crippen LogP contribution in [0.25, 0.3) is 16.4 Å². The number of nitrogens with zero attached hydrogens (tertiary/aromatic N) is 4. The third kappa shape index (κ3) is 5.20. The molecule has 0 radical (unpaired) electrons. The van der Waals surface area contributed by atoms with Crippen molar-refractivity contribution in [2.24, 2.45) is 5.92 Å². The Kier molecular flexibility index (Phi) is 6.88. The largest absolute Gasteiger partial charge is 0.342 e. The van der Waals surface area contributed by atoms with Gasteiger partial charge in [0.05, 0.1) is 10.6 Å². The van der Waals surface area contributed by atoms with Gasteiger partial charge < -0.3 is 4.90 Å². The quantitative estimate of drug-likeness (QED) is 0.329. The molecule has 168 valence electrons. The maximum Gasteiger partial charge on any atom is 0.233 e. The van der Waals surface area contributed by atoms with Crippen molar-refractivity contribution in [1.29, 1.82) is 0 Å². The summed E-state index contributed by atoms with van der Waals surface area (Å²) < 4.78 is 2.05. The lowest BCUT2D eigenvalue weighted by atomic mass is 9.90. The second kappa shape index (κ2) is 10.4. The highest BCUT2D eigenvalue weighted by atomic mass is 32.2. The highest BCUT2D eigenvalue weighted by Crippen LogP contribution is 2.31. The summed E-state index contributed by atoms with van der Waals surface area (Å²) in [5, 5.41) is 11.7. The molecule has 0 N–H and O–H groups in total. The summed E-state index contributed by atoms with van der Waals surface area (Å²) in [6, 6.07) is 24.8. The minimum atomic E-state index is 0.179. The molecule has 1 fully saturated rings. The van der Waals surface area contributed by atoms with Gasteiger partial charge in [-0.1, -0.05) is 66.4 Å². The molecule has 0 saturated carbocycles. The van der Waals surface area contributed by atoms with Gasteiger partial charge in [0.15, 0.2) is 11.0 Å². The van der Waals surface area contributed by atoms with E-state index in [2.05, 4.69) is 45.1 Å². The molecule has 0 spiro atoms. The van der Waals surface area contributed by atoms with Gasteiger partial charge in [-0.2, -0.15) is 0 Å². The molecule has 1 amide bonds. The third-order valence-electron chi connectivity index (χ3n) is 6.05. The van der Waals surface area contributed by atoms with Crippen molar-refractivity contribution in [3.63, 3.8) is 0 Å². The van der Waals surface area contributed by atoms with Crippen LogP contribution in [-0.4, -0.2) is 44.4 Å². The SMILES string of the molecule is O=C(CSc1nnc(-c2cccs2)n1-c1ccccc1)N1CCC(Cc2ccccc2)CC1. The van der Waals surface area contributed by atoms with E-state index >= 15 is 0 Å². The van der Waals surface area contributed by atoms with Gasteiger partial charge in [-0.15, -0.1) is 21.5 Å². The van der Waals surface area contributed by atoms with Crippen LogP contribution >= 0.6 is 23.1 Å². The lowest BCUT2D eigenvalue weighted by Gasteiger charge is -2.32. The molecule has 0 unspecified atom stereocenters. The number of hydrogen-bond acceptors (Lipinski definition) is 5. The van der Waals surface area contributed by atoms with Gasteiger partial charge in [-0.05, 0) is 54.3 Å². The number of amides is 1. The predicted molar refractivity (Wildman–Crippen MR) is 135 cm³/mol. The molecular weight excluding hydrogens is 448 g/mol. The summed E-state index contributed by atoms with van der Waals surface area (Å²) >= 11 is 3.11.